The lowest BCUT2D eigenvalue weighted by molar-refractivity contribution is 0.0697. The topological polar surface area (TPSA) is 49.3 Å². The van der Waals surface area contributed by atoms with Crippen molar-refractivity contribution in [3.63, 3.8) is 0 Å². The van der Waals surface area contributed by atoms with Crippen molar-refractivity contribution in [2.75, 3.05) is 5.32 Å². The van der Waals surface area contributed by atoms with Gasteiger partial charge in [0, 0.05) is 6.54 Å². The molecule has 0 spiro atoms. The van der Waals surface area contributed by atoms with Crippen molar-refractivity contribution in [2.24, 2.45) is 0 Å². The molecule has 2 rings (SSSR count). The van der Waals surface area contributed by atoms with E-state index in [0.717, 1.165) is 5.56 Å². The summed E-state index contributed by atoms with van der Waals surface area (Å²) in [5.74, 6) is -0.962. The highest BCUT2D eigenvalue weighted by Crippen LogP contribution is 2.24. The number of benzene rings is 2. The Morgan fingerprint density at radius 3 is 2.68 bits per heavy atom. The second-order valence-electron chi connectivity index (χ2n) is 4.28. The van der Waals surface area contributed by atoms with Gasteiger partial charge in [-0.15, -0.1) is 0 Å². The summed E-state index contributed by atoms with van der Waals surface area (Å²) >= 11 is 6.05. The summed E-state index contributed by atoms with van der Waals surface area (Å²) in [6.07, 6.45) is 0. The van der Waals surface area contributed by atoms with E-state index in [1.807, 2.05) is 31.2 Å². The summed E-state index contributed by atoms with van der Waals surface area (Å²) in [5.41, 5.74) is 3.18. The lowest BCUT2D eigenvalue weighted by atomic mass is 10.1. The van der Waals surface area contributed by atoms with E-state index in [1.54, 1.807) is 12.1 Å². The van der Waals surface area contributed by atoms with Crippen molar-refractivity contribution in [3.8, 4) is 0 Å². The Morgan fingerprint density at radius 2 is 2.00 bits per heavy atom. The number of nitrogens with one attached hydrogen (secondary N) is 1. The summed E-state index contributed by atoms with van der Waals surface area (Å²) in [6.45, 7) is 2.64. The lowest BCUT2D eigenvalue weighted by Crippen LogP contribution is -2.03. The molecular weight excluding hydrogens is 262 g/mol. The molecule has 0 saturated heterocycles. The smallest absolute Gasteiger partial charge is 0.335 e. The maximum absolute atomic E-state index is 10.9. The minimum atomic E-state index is -0.962. The van der Waals surface area contributed by atoms with Crippen LogP contribution in [-0.2, 0) is 6.54 Å². The molecule has 2 aromatic rings. The third-order valence-corrected chi connectivity index (χ3v) is 3.27. The molecule has 0 bridgehead atoms. The van der Waals surface area contributed by atoms with Gasteiger partial charge in [0.05, 0.1) is 16.3 Å². The first-order chi connectivity index (χ1) is 9.08. The molecule has 0 radical (unpaired) electrons. The molecule has 0 atom stereocenters. The van der Waals surface area contributed by atoms with Gasteiger partial charge in [0.25, 0.3) is 0 Å². The standard InChI is InChI=1S/C15H14ClNO2/c1-10-4-2-3-5-12(10)9-17-14-8-11(15(18)19)6-7-13(14)16/h2-8,17H,9H2,1H3,(H,18,19). The van der Waals surface area contributed by atoms with Gasteiger partial charge in [-0.3, -0.25) is 0 Å². The van der Waals surface area contributed by atoms with Gasteiger partial charge in [0.15, 0.2) is 0 Å². The number of rotatable bonds is 4. The Hall–Kier alpha value is -2.00. The number of carboxylic acids is 1. The van der Waals surface area contributed by atoms with E-state index >= 15 is 0 Å². The van der Waals surface area contributed by atoms with Crippen LogP contribution in [0, 0.1) is 6.92 Å². The van der Waals surface area contributed by atoms with Gasteiger partial charge in [-0.25, -0.2) is 4.79 Å². The van der Waals surface area contributed by atoms with Crippen LogP contribution in [0.1, 0.15) is 21.5 Å². The van der Waals surface area contributed by atoms with Crippen molar-refractivity contribution in [1.29, 1.82) is 0 Å². The van der Waals surface area contributed by atoms with Crippen LogP contribution in [0.15, 0.2) is 42.5 Å². The molecular formula is C15H14ClNO2. The number of aromatic carboxylic acids is 1. The number of halogens is 1. The molecule has 0 fully saturated rings. The molecule has 0 aliphatic heterocycles. The van der Waals surface area contributed by atoms with Crippen LogP contribution >= 0.6 is 11.6 Å². The molecule has 98 valence electrons. The average Bonchev–Trinajstić information content (AvgIpc) is 2.39. The number of aryl methyl sites for hydroxylation is 1. The zero-order valence-corrected chi connectivity index (χ0v) is 11.2. The van der Waals surface area contributed by atoms with Crippen LogP contribution in [0.4, 0.5) is 5.69 Å². The third-order valence-electron chi connectivity index (χ3n) is 2.94. The Labute approximate surface area is 116 Å². The van der Waals surface area contributed by atoms with Crippen molar-refractivity contribution in [2.45, 2.75) is 13.5 Å². The fraction of sp³-hybridized carbons (Fsp3) is 0.133. The predicted molar refractivity (Wildman–Crippen MR) is 76.9 cm³/mol. The van der Waals surface area contributed by atoms with Crippen LogP contribution in [0.25, 0.3) is 0 Å². The molecule has 0 unspecified atom stereocenters. The van der Waals surface area contributed by atoms with Gasteiger partial charge in [0.2, 0.25) is 0 Å². The second kappa shape index (κ2) is 5.76. The van der Waals surface area contributed by atoms with Crippen LogP contribution in [-0.4, -0.2) is 11.1 Å². The molecule has 4 heteroatoms. The summed E-state index contributed by atoms with van der Waals surface area (Å²) in [4.78, 5) is 10.9. The van der Waals surface area contributed by atoms with Gasteiger partial charge in [-0.1, -0.05) is 35.9 Å². The van der Waals surface area contributed by atoms with Gasteiger partial charge >= 0.3 is 5.97 Å². The first-order valence-electron chi connectivity index (χ1n) is 5.89. The summed E-state index contributed by atoms with van der Waals surface area (Å²) in [6, 6.07) is 12.6. The molecule has 3 nitrogen and oxygen atoms in total. The SMILES string of the molecule is Cc1ccccc1CNc1cc(C(=O)O)ccc1Cl. The largest absolute Gasteiger partial charge is 0.478 e. The van der Waals surface area contributed by atoms with E-state index < -0.39 is 5.97 Å². The van der Waals surface area contributed by atoms with E-state index in [9.17, 15) is 4.79 Å². The van der Waals surface area contributed by atoms with Crippen LogP contribution < -0.4 is 5.32 Å². The highest BCUT2D eigenvalue weighted by atomic mass is 35.5. The van der Waals surface area contributed by atoms with E-state index in [2.05, 4.69) is 5.32 Å². The first-order valence-corrected chi connectivity index (χ1v) is 6.27. The highest BCUT2D eigenvalue weighted by molar-refractivity contribution is 6.33. The summed E-state index contributed by atoms with van der Waals surface area (Å²) < 4.78 is 0. The van der Waals surface area contributed by atoms with Crippen LogP contribution in [0.3, 0.4) is 0 Å². The Bertz CT molecular complexity index is 611. The molecule has 0 amide bonds. The third kappa shape index (κ3) is 3.26. The Morgan fingerprint density at radius 1 is 1.26 bits per heavy atom. The molecule has 0 aliphatic carbocycles. The van der Waals surface area contributed by atoms with Gasteiger partial charge < -0.3 is 10.4 Å². The molecule has 0 aromatic heterocycles. The van der Waals surface area contributed by atoms with Crippen LogP contribution in [0.5, 0.6) is 0 Å². The highest BCUT2D eigenvalue weighted by Gasteiger charge is 2.07. The molecule has 2 aromatic carbocycles. The lowest BCUT2D eigenvalue weighted by Gasteiger charge is -2.11. The molecule has 0 saturated carbocycles. The number of carbonyl (C=O) groups is 1. The van der Waals surface area contributed by atoms with Gasteiger partial charge in [-0.05, 0) is 36.2 Å². The number of hydrogen-bond acceptors (Lipinski definition) is 2. The maximum Gasteiger partial charge on any atom is 0.335 e. The maximum atomic E-state index is 10.9. The van der Waals surface area contributed by atoms with E-state index in [0.29, 0.717) is 17.3 Å². The van der Waals surface area contributed by atoms with E-state index in [-0.39, 0.29) is 5.56 Å². The van der Waals surface area contributed by atoms with Gasteiger partial charge in [-0.2, -0.15) is 0 Å². The minimum absolute atomic E-state index is 0.219. The van der Waals surface area contributed by atoms with Crippen LogP contribution in [0.2, 0.25) is 5.02 Å². The van der Waals surface area contributed by atoms with Crippen molar-refractivity contribution >= 4 is 23.3 Å². The summed E-state index contributed by atoms with van der Waals surface area (Å²) in [7, 11) is 0. The quantitative estimate of drug-likeness (QED) is 0.888. The number of hydrogen-bond donors (Lipinski definition) is 2. The van der Waals surface area contributed by atoms with E-state index in [1.165, 1.54) is 11.6 Å². The fourth-order valence-corrected chi connectivity index (χ4v) is 1.98. The first kappa shape index (κ1) is 13.4. The fourth-order valence-electron chi connectivity index (χ4n) is 1.79. The summed E-state index contributed by atoms with van der Waals surface area (Å²) in [5, 5.41) is 12.6. The minimum Gasteiger partial charge on any atom is -0.478 e. The normalized spacial score (nSPS) is 10.2. The molecule has 0 heterocycles. The van der Waals surface area contributed by atoms with E-state index in [4.69, 9.17) is 16.7 Å². The Kier molecular flexibility index (Phi) is 4.07. The average molecular weight is 276 g/mol. The Balaban J connectivity index is 2.17. The van der Waals surface area contributed by atoms with Crippen molar-refractivity contribution in [3.05, 3.63) is 64.2 Å². The second-order valence-corrected chi connectivity index (χ2v) is 4.69. The molecule has 2 N–H and O–H groups in total. The monoisotopic (exact) mass is 275 g/mol. The molecule has 0 aliphatic rings. The zero-order chi connectivity index (χ0) is 13.8. The number of anilines is 1. The number of carboxylic acid groups (broad SMARTS) is 1. The zero-order valence-electron chi connectivity index (χ0n) is 10.5. The molecule has 19 heavy (non-hydrogen) atoms. The predicted octanol–water partition coefficient (Wildman–Crippen LogP) is 3.96. The van der Waals surface area contributed by atoms with Gasteiger partial charge in [0.1, 0.15) is 0 Å². The van der Waals surface area contributed by atoms with Crippen molar-refractivity contribution < 1.29 is 9.90 Å². The van der Waals surface area contributed by atoms with Crippen molar-refractivity contribution in [1.82, 2.24) is 0 Å².